The predicted octanol–water partition coefficient (Wildman–Crippen LogP) is 2.42. The van der Waals surface area contributed by atoms with Crippen LogP contribution in [-0.4, -0.2) is 21.0 Å². The van der Waals surface area contributed by atoms with Crippen molar-refractivity contribution in [1.82, 2.24) is 20.3 Å². The quantitative estimate of drug-likeness (QED) is 0.906. The van der Waals surface area contributed by atoms with Gasteiger partial charge in [-0.15, -0.1) is 5.10 Å². The molecule has 0 fully saturated rings. The van der Waals surface area contributed by atoms with Gasteiger partial charge in [0.15, 0.2) is 0 Å². The maximum Gasteiger partial charge on any atom is 0.0853 e. The molecule has 0 saturated heterocycles. The van der Waals surface area contributed by atoms with Crippen LogP contribution in [0.5, 0.6) is 0 Å². The first kappa shape index (κ1) is 12.1. The Kier molecular flexibility index (Phi) is 3.76. The molecule has 0 atom stereocenters. The zero-order valence-electron chi connectivity index (χ0n) is 9.89. The van der Waals surface area contributed by atoms with Crippen LogP contribution in [0.2, 0.25) is 5.02 Å². The fourth-order valence-corrected chi connectivity index (χ4v) is 1.73. The van der Waals surface area contributed by atoms with E-state index in [4.69, 9.17) is 11.6 Å². The van der Waals surface area contributed by atoms with Crippen molar-refractivity contribution in [2.75, 3.05) is 0 Å². The number of nitrogens with one attached hydrogen (secondary N) is 1. The van der Waals surface area contributed by atoms with Gasteiger partial charge in [-0.2, -0.15) is 0 Å². The second-order valence-electron chi connectivity index (χ2n) is 4.12. The van der Waals surface area contributed by atoms with E-state index in [1.807, 2.05) is 24.3 Å². The molecule has 2 aromatic rings. The molecule has 1 heterocycles. The number of para-hydroxylation sites is 1. The average molecular weight is 251 g/mol. The number of benzene rings is 1. The molecule has 0 aliphatic carbocycles. The van der Waals surface area contributed by atoms with Crippen molar-refractivity contribution >= 4 is 11.6 Å². The van der Waals surface area contributed by atoms with E-state index in [0.717, 1.165) is 17.9 Å². The highest BCUT2D eigenvalue weighted by Crippen LogP contribution is 2.19. The number of rotatable bonds is 4. The summed E-state index contributed by atoms with van der Waals surface area (Å²) in [6.45, 7) is 4.92. The SMILES string of the molecule is CC(C)NCc1cnnn1-c1ccccc1Cl. The third kappa shape index (κ3) is 2.84. The molecule has 17 heavy (non-hydrogen) atoms. The Morgan fingerprint density at radius 3 is 2.82 bits per heavy atom. The monoisotopic (exact) mass is 250 g/mol. The van der Waals surface area contributed by atoms with Crippen LogP contribution in [0.3, 0.4) is 0 Å². The number of nitrogens with zero attached hydrogens (tertiary/aromatic N) is 3. The molecule has 0 radical (unpaired) electrons. The second kappa shape index (κ2) is 5.29. The van der Waals surface area contributed by atoms with Crippen molar-refractivity contribution in [2.45, 2.75) is 26.4 Å². The largest absolute Gasteiger partial charge is 0.309 e. The van der Waals surface area contributed by atoms with Crippen molar-refractivity contribution < 1.29 is 0 Å². The van der Waals surface area contributed by atoms with E-state index in [1.165, 1.54) is 0 Å². The summed E-state index contributed by atoms with van der Waals surface area (Å²) in [5, 5.41) is 12.0. The smallest absolute Gasteiger partial charge is 0.0853 e. The van der Waals surface area contributed by atoms with E-state index in [-0.39, 0.29) is 0 Å². The van der Waals surface area contributed by atoms with Crippen LogP contribution in [-0.2, 0) is 6.54 Å². The number of aromatic nitrogens is 3. The van der Waals surface area contributed by atoms with Crippen molar-refractivity contribution in [2.24, 2.45) is 0 Å². The van der Waals surface area contributed by atoms with Gasteiger partial charge in [-0.3, -0.25) is 0 Å². The molecule has 1 aromatic carbocycles. The van der Waals surface area contributed by atoms with Crippen LogP contribution >= 0.6 is 11.6 Å². The Hall–Kier alpha value is -1.39. The minimum absolute atomic E-state index is 0.421. The summed E-state index contributed by atoms with van der Waals surface area (Å²) >= 11 is 6.14. The highest BCUT2D eigenvalue weighted by molar-refractivity contribution is 6.32. The molecule has 0 aliphatic rings. The lowest BCUT2D eigenvalue weighted by Gasteiger charge is -2.10. The van der Waals surface area contributed by atoms with Crippen molar-refractivity contribution in [3.05, 3.63) is 41.2 Å². The van der Waals surface area contributed by atoms with Gasteiger partial charge >= 0.3 is 0 Å². The third-order valence-corrected chi connectivity index (χ3v) is 2.71. The maximum absolute atomic E-state index is 6.14. The average Bonchev–Trinajstić information content (AvgIpc) is 2.75. The summed E-state index contributed by atoms with van der Waals surface area (Å²) in [4.78, 5) is 0. The molecule has 0 bridgehead atoms. The summed E-state index contributed by atoms with van der Waals surface area (Å²) < 4.78 is 1.76. The van der Waals surface area contributed by atoms with Crippen LogP contribution in [0.4, 0.5) is 0 Å². The first-order valence-corrected chi connectivity index (χ1v) is 5.94. The van der Waals surface area contributed by atoms with Gasteiger partial charge in [-0.25, -0.2) is 4.68 Å². The van der Waals surface area contributed by atoms with Gasteiger partial charge < -0.3 is 5.32 Å². The molecule has 0 saturated carbocycles. The van der Waals surface area contributed by atoms with E-state index >= 15 is 0 Å². The summed E-state index contributed by atoms with van der Waals surface area (Å²) in [5.41, 5.74) is 1.85. The van der Waals surface area contributed by atoms with Gasteiger partial charge in [0.2, 0.25) is 0 Å². The standard InChI is InChI=1S/C12H15ClN4/c1-9(2)14-7-10-8-15-16-17(10)12-6-4-3-5-11(12)13/h3-6,8-9,14H,7H2,1-2H3. The van der Waals surface area contributed by atoms with E-state index in [1.54, 1.807) is 10.9 Å². The third-order valence-electron chi connectivity index (χ3n) is 2.39. The van der Waals surface area contributed by atoms with Gasteiger partial charge in [0.1, 0.15) is 0 Å². The Morgan fingerprint density at radius 1 is 1.35 bits per heavy atom. The molecule has 0 amide bonds. The molecule has 2 rings (SSSR count). The first-order valence-electron chi connectivity index (χ1n) is 5.56. The van der Waals surface area contributed by atoms with Gasteiger partial charge in [-0.1, -0.05) is 42.8 Å². The lowest BCUT2D eigenvalue weighted by Crippen LogP contribution is -2.23. The lowest BCUT2D eigenvalue weighted by molar-refractivity contribution is 0.570. The zero-order chi connectivity index (χ0) is 12.3. The molecule has 1 N–H and O–H groups in total. The second-order valence-corrected chi connectivity index (χ2v) is 4.53. The molecule has 5 heteroatoms. The fourth-order valence-electron chi connectivity index (χ4n) is 1.51. The minimum atomic E-state index is 0.421. The van der Waals surface area contributed by atoms with E-state index in [9.17, 15) is 0 Å². The first-order chi connectivity index (χ1) is 8.18. The number of halogens is 1. The van der Waals surface area contributed by atoms with Crippen LogP contribution < -0.4 is 5.32 Å². The van der Waals surface area contributed by atoms with Crippen LogP contribution in [0.1, 0.15) is 19.5 Å². The van der Waals surface area contributed by atoms with Crippen molar-refractivity contribution in [3.63, 3.8) is 0 Å². The summed E-state index contributed by atoms with van der Waals surface area (Å²) in [7, 11) is 0. The molecular formula is C12H15ClN4. The van der Waals surface area contributed by atoms with Crippen molar-refractivity contribution in [3.8, 4) is 5.69 Å². The zero-order valence-corrected chi connectivity index (χ0v) is 10.6. The Morgan fingerprint density at radius 2 is 2.12 bits per heavy atom. The molecule has 1 aromatic heterocycles. The van der Waals surface area contributed by atoms with Crippen molar-refractivity contribution in [1.29, 1.82) is 0 Å². The summed E-state index contributed by atoms with van der Waals surface area (Å²) in [6, 6.07) is 8.02. The van der Waals surface area contributed by atoms with Crippen LogP contribution in [0, 0.1) is 0 Å². The van der Waals surface area contributed by atoms with E-state index in [2.05, 4.69) is 29.5 Å². The predicted molar refractivity (Wildman–Crippen MR) is 68.3 cm³/mol. The Balaban J connectivity index is 2.28. The topological polar surface area (TPSA) is 42.7 Å². The fraction of sp³-hybridized carbons (Fsp3) is 0.333. The molecule has 0 unspecified atom stereocenters. The highest BCUT2D eigenvalue weighted by Gasteiger charge is 2.09. The van der Waals surface area contributed by atoms with Gasteiger partial charge in [-0.05, 0) is 12.1 Å². The number of hydrogen-bond acceptors (Lipinski definition) is 3. The van der Waals surface area contributed by atoms with Crippen LogP contribution in [0.15, 0.2) is 30.5 Å². The van der Waals surface area contributed by atoms with Gasteiger partial charge in [0.25, 0.3) is 0 Å². The molecule has 0 aliphatic heterocycles. The van der Waals surface area contributed by atoms with E-state index in [0.29, 0.717) is 11.1 Å². The normalized spacial score (nSPS) is 11.1. The number of hydrogen-bond donors (Lipinski definition) is 1. The maximum atomic E-state index is 6.14. The van der Waals surface area contributed by atoms with Gasteiger partial charge in [0, 0.05) is 12.6 Å². The van der Waals surface area contributed by atoms with Crippen LogP contribution in [0.25, 0.3) is 5.69 Å². The summed E-state index contributed by atoms with van der Waals surface area (Å²) in [6.07, 6.45) is 1.75. The molecule has 4 nitrogen and oxygen atoms in total. The molecular weight excluding hydrogens is 236 g/mol. The highest BCUT2D eigenvalue weighted by atomic mass is 35.5. The molecule has 90 valence electrons. The summed E-state index contributed by atoms with van der Waals surface area (Å²) in [5.74, 6) is 0. The lowest BCUT2D eigenvalue weighted by atomic mass is 10.3. The minimum Gasteiger partial charge on any atom is -0.309 e. The molecule has 0 spiro atoms. The van der Waals surface area contributed by atoms with Gasteiger partial charge in [0.05, 0.1) is 22.6 Å². The van der Waals surface area contributed by atoms with E-state index < -0.39 is 0 Å². The Labute approximate surface area is 106 Å². The Bertz CT molecular complexity index is 493.